The Labute approximate surface area is 94.6 Å². The summed E-state index contributed by atoms with van der Waals surface area (Å²) in [6.45, 7) is 7.20. The largest absolute Gasteiger partial charge is 0.330 e. The van der Waals surface area contributed by atoms with Crippen LogP contribution in [0.5, 0.6) is 0 Å². The highest BCUT2D eigenvalue weighted by Crippen LogP contribution is 2.06. The van der Waals surface area contributed by atoms with Crippen molar-refractivity contribution in [2.45, 2.75) is 32.1 Å². The van der Waals surface area contributed by atoms with E-state index < -0.39 is 0 Å². The van der Waals surface area contributed by atoms with Crippen molar-refractivity contribution in [2.24, 2.45) is 5.73 Å². The molecule has 0 aromatic heterocycles. The highest BCUT2D eigenvalue weighted by Gasteiger charge is 2.11. The summed E-state index contributed by atoms with van der Waals surface area (Å²) in [4.78, 5) is 5.03. The molecule has 0 unspecified atom stereocenters. The van der Waals surface area contributed by atoms with Crippen LogP contribution >= 0.6 is 0 Å². The molecule has 0 aromatic rings. The first kappa shape index (κ1) is 12.9. The van der Waals surface area contributed by atoms with Crippen molar-refractivity contribution in [2.75, 3.05) is 46.3 Å². The zero-order valence-electron chi connectivity index (χ0n) is 10.2. The van der Waals surface area contributed by atoms with Gasteiger partial charge < -0.3 is 15.5 Å². The Bertz CT molecular complexity index is 144. The number of likely N-dealkylation sites (tertiary alicyclic amines) is 1. The van der Waals surface area contributed by atoms with E-state index in [1.54, 1.807) is 0 Å². The van der Waals surface area contributed by atoms with Crippen LogP contribution in [-0.2, 0) is 0 Å². The topological polar surface area (TPSA) is 32.5 Å². The molecule has 2 N–H and O–H groups in total. The summed E-state index contributed by atoms with van der Waals surface area (Å²) in [6.07, 6.45) is 6.57. The van der Waals surface area contributed by atoms with E-state index in [0.29, 0.717) is 0 Å². The van der Waals surface area contributed by atoms with Crippen LogP contribution in [0.3, 0.4) is 0 Å². The Hall–Kier alpha value is -0.120. The van der Waals surface area contributed by atoms with Gasteiger partial charge in [0.25, 0.3) is 0 Å². The molecule has 1 aliphatic heterocycles. The number of likely N-dealkylation sites (N-methyl/N-ethyl adjacent to an activating group) is 1. The van der Waals surface area contributed by atoms with Crippen LogP contribution in [0.1, 0.15) is 32.1 Å². The third kappa shape index (κ3) is 6.13. The molecule has 0 spiro atoms. The fourth-order valence-electron chi connectivity index (χ4n) is 2.13. The van der Waals surface area contributed by atoms with Gasteiger partial charge >= 0.3 is 0 Å². The van der Waals surface area contributed by atoms with Gasteiger partial charge in [0.05, 0.1) is 0 Å². The number of hydrogen-bond donors (Lipinski definition) is 1. The third-order valence-corrected chi connectivity index (χ3v) is 3.24. The smallest absolute Gasteiger partial charge is 0.0109 e. The Morgan fingerprint density at radius 3 is 2.47 bits per heavy atom. The Morgan fingerprint density at radius 2 is 1.80 bits per heavy atom. The van der Waals surface area contributed by atoms with Gasteiger partial charge in [0, 0.05) is 13.1 Å². The standard InChI is InChI=1S/C12H27N3/c1-14(8-4-2-3-7-13)11-12-15-9-5-6-10-15/h2-13H2,1H3. The molecular weight excluding hydrogens is 186 g/mol. The molecule has 1 fully saturated rings. The van der Waals surface area contributed by atoms with E-state index in [0.717, 1.165) is 6.54 Å². The Morgan fingerprint density at radius 1 is 1.07 bits per heavy atom. The van der Waals surface area contributed by atoms with Crippen LogP contribution in [0.15, 0.2) is 0 Å². The number of nitrogens with two attached hydrogens (primary N) is 1. The summed E-state index contributed by atoms with van der Waals surface area (Å²) in [5.41, 5.74) is 5.47. The van der Waals surface area contributed by atoms with E-state index in [9.17, 15) is 0 Å². The first-order chi connectivity index (χ1) is 7.33. The van der Waals surface area contributed by atoms with Crippen LogP contribution in [0.25, 0.3) is 0 Å². The fourth-order valence-corrected chi connectivity index (χ4v) is 2.13. The summed E-state index contributed by atoms with van der Waals surface area (Å²) < 4.78 is 0. The molecule has 1 rings (SSSR count). The van der Waals surface area contributed by atoms with Crippen molar-refractivity contribution in [1.29, 1.82) is 0 Å². The molecule has 3 heteroatoms. The average molecular weight is 213 g/mol. The van der Waals surface area contributed by atoms with E-state index in [1.165, 1.54) is 64.8 Å². The second kappa shape index (κ2) is 8.08. The molecule has 0 radical (unpaired) electrons. The molecule has 3 nitrogen and oxygen atoms in total. The number of hydrogen-bond acceptors (Lipinski definition) is 3. The van der Waals surface area contributed by atoms with Gasteiger partial charge in [-0.1, -0.05) is 6.42 Å². The lowest BCUT2D eigenvalue weighted by molar-refractivity contribution is 0.254. The van der Waals surface area contributed by atoms with E-state index in [2.05, 4.69) is 16.8 Å². The van der Waals surface area contributed by atoms with Crippen LogP contribution < -0.4 is 5.73 Å². The van der Waals surface area contributed by atoms with Gasteiger partial charge in [-0.2, -0.15) is 0 Å². The minimum atomic E-state index is 0.845. The summed E-state index contributed by atoms with van der Waals surface area (Å²) >= 11 is 0. The quantitative estimate of drug-likeness (QED) is 0.614. The van der Waals surface area contributed by atoms with E-state index in [4.69, 9.17) is 5.73 Å². The van der Waals surface area contributed by atoms with E-state index in [-0.39, 0.29) is 0 Å². The predicted molar refractivity (Wildman–Crippen MR) is 66.1 cm³/mol. The Kier molecular flexibility index (Phi) is 6.98. The maximum atomic E-state index is 5.47. The summed E-state index contributed by atoms with van der Waals surface area (Å²) in [5, 5.41) is 0. The van der Waals surface area contributed by atoms with Crippen molar-refractivity contribution < 1.29 is 0 Å². The molecule has 1 saturated heterocycles. The van der Waals surface area contributed by atoms with Crippen LogP contribution in [0.2, 0.25) is 0 Å². The lowest BCUT2D eigenvalue weighted by Gasteiger charge is -2.21. The van der Waals surface area contributed by atoms with Gasteiger partial charge in [0.2, 0.25) is 0 Å². The van der Waals surface area contributed by atoms with E-state index in [1.807, 2.05) is 0 Å². The third-order valence-electron chi connectivity index (χ3n) is 3.24. The summed E-state index contributed by atoms with van der Waals surface area (Å²) in [7, 11) is 2.23. The average Bonchev–Trinajstić information content (AvgIpc) is 2.74. The van der Waals surface area contributed by atoms with Gasteiger partial charge in [-0.25, -0.2) is 0 Å². The van der Waals surface area contributed by atoms with Crippen molar-refractivity contribution in [1.82, 2.24) is 9.80 Å². The van der Waals surface area contributed by atoms with Crippen molar-refractivity contribution in [3.63, 3.8) is 0 Å². The van der Waals surface area contributed by atoms with Gasteiger partial charge in [0.15, 0.2) is 0 Å². The molecule has 15 heavy (non-hydrogen) atoms. The van der Waals surface area contributed by atoms with Gasteiger partial charge in [0.1, 0.15) is 0 Å². The number of rotatable bonds is 8. The molecule has 0 atom stereocenters. The molecule has 0 saturated carbocycles. The molecule has 90 valence electrons. The maximum absolute atomic E-state index is 5.47. The highest BCUT2D eigenvalue weighted by molar-refractivity contribution is 4.67. The SMILES string of the molecule is CN(CCCCCN)CCN1CCCC1. The Balaban J connectivity index is 1.90. The van der Waals surface area contributed by atoms with Gasteiger partial charge in [-0.3, -0.25) is 0 Å². The highest BCUT2D eigenvalue weighted by atomic mass is 15.2. The molecular formula is C12H27N3. The normalized spacial score (nSPS) is 17.8. The lowest BCUT2D eigenvalue weighted by atomic mass is 10.2. The molecule has 1 aliphatic rings. The monoisotopic (exact) mass is 213 g/mol. The fraction of sp³-hybridized carbons (Fsp3) is 1.00. The molecule has 0 bridgehead atoms. The summed E-state index contributed by atoms with van der Waals surface area (Å²) in [5.74, 6) is 0. The minimum Gasteiger partial charge on any atom is -0.330 e. The zero-order valence-corrected chi connectivity index (χ0v) is 10.2. The van der Waals surface area contributed by atoms with Crippen LogP contribution in [0.4, 0.5) is 0 Å². The molecule has 0 aliphatic carbocycles. The second-order valence-corrected chi connectivity index (χ2v) is 4.70. The van der Waals surface area contributed by atoms with Crippen LogP contribution in [-0.4, -0.2) is 56.1 Å². The molecule has 1 heterocycles. The second-order valence-electron chi connectivity index (χ2n) is 4.70. The first-order valence-corrected chi connectivity index (χ1v) is 6.44. The van der Waals surface area contributed by atoms with E-state index >= 15 is 0 Å². The van der Waals surface area contributed by atoms with Gasteiger partial charge in [-0.15, -0.1) is 0 Å². The van der Waals surface area contributed by atoms with Crippen molar-refractivity contribution in [3.05, 3.63) is 0 Å². The zero-order chi connectivity index (χ0) is 10.9. The first-order valence-electron chi connectivity index (χ1n) is 6.44. The van der Waals surface area contributed by atoms with Crippen molar-refractivity contribution in [3.8, 4) is 0 Å². The number of unbranched alkanes of at least 4 members (excludes halogenated alkanes) is 2. The lowest BCUT2D eigenvalue weighted by Crippen LogP contribution is -2.32. The number of nitrogens with zero attached hydrogens (tertiary/aromatic N) is 2. The van der Waals surface area contributed by atoms with Crippen LogP contribution in [0, 0.1) is 0 Å². The molecule has 0 amide bonds. The molecule has 0 aromatic carbocycles. The minimum absolute atomic E-state index is 0.845. The maximum Gasteiger partial charge on any atom is 0.0109 e. The van der Waals surface area contributed by atoms with Gasteiger partial charge in [-0.05, 0) is 58.9 Å². The summed E-state index contributed by atoms with van der Waals surface area (Å²) in [6, 6.07) is 0. The predicted octanol–water partition coefficient (Wildman–Crippen LogP) is 1.14. The van der Waals surface area contributed by atoms with Crippen molar-refractivity contribution >= 4 is 0 Å².